The Bertz CT molecular complexity index is 454. The van der Waals surface area contributed by atoms with Crippen LogP contribution in [0.2, 0.25) is 0 Å². The second-order valence-electron chi connectivity index (χ2n) is 3.66. The van der Waals surface area contributed by atoms with Gasteiger partial charge in [0.25, 0.3) is 0 Å². The van der Waals surface area contributed by atoms with Crippen LogP contribution in [0.15, 0.2) is 36.5 Å². The van der Waals surface area contributed by atoms with Crippen LogP contribution in [0.3, 0.4) is 0 Å². The molecule has 0 bridgehead atoms. The van der Waals surface area contributed by atoms with Crippen molar-refractivity contribution in [1.82, 2.24) is 4.98 Å². The summed E-state index contributed by atoms with van der Waals surface area (Å²) in [4.78, 5) is 3.67. The summed E-state index contributed by atoms with van der Waals surface area (Å²) < 4.78 is 13.5. The van der Waals surface area contributed by atoms with Crippen LogP contribution in [0.1, 0.15) is 11.1 Å². The highest BCUT2D eigenvalue weighted by molar-refractivity contribution is 5.66. The molecule has 0 aliphatic rings. The third-order valence-corrected chi connectivity index (χ3v) is 2.45. The van der Waals surface area contributed by atoms with Crippen molar-refractivity contribution in [2.24, 2.45) is 0 Å². The molecule has 0 N–H and O–H groups in total. The van der Waals surface area contributed by atoms with E-state index in [-0.39, 0.29) is 0 Å². The first-order valence-corrected chi connectivity index (χ1v) is 4.86. The number of nitrogens with zero attached hydrogens (tertiary/aromatic N) is 1. The number of hydrogen-bond donors (Lipinski definition) is 0. The quantitative estimate of drug-likeness (QED) is 0.643. The molecule has 2 rings (SSSR count). The minimum Gasteiger partial charge on any atom is -0.228 e. The van der Waals surface area contributed by atoms with Gasteiger partial charge < -0.3 is 0 Å². The maximum atomic E-state index is 13.5. The van der Waals surface area contributed by atoms with Gasteiger partial charge in [0.1, 0.15) is 0 Å². The van der Waals surface area contributed by atoms with Crippen LogP contribution >= 0.6 is 0 Å². The van der Waals surface area contributed by atoms with Crippen molar-refractivity contribution in [3.05, 3.63) is 53.6 Å². The lowest BCUT2D eigenvalue weighted by Crippen LogP contribution is -1.91. The van der Waals surface area contributed by atoms with Crippen molar-refractivity contribution < 1.29 is 4.39 Å². The Labute approximate surface area is 88.6 Å². The van der Waals surface area contributed by atoms with Crippen LogP contribution in [0.4, 0.5) is 4.39 Å². The number of halogens is 1. The first-order valence-electron chi connectivity index (χ1n) is 4.86. The summed E-state index contributed by atoms with van der Waals surface area (Å²) in [6.07, 6.45) is 1.49. The predicted octanol–water partition coefficient (Wildman–Crippen LogP) is 3.50. The summed E-state index contributed by atoms with van der Waals surface area (Å²) in [6, 6.07) is 9.60. The molecule has 0 saturated heterocycles. The lowest BCUT2D eigenvalue weighted by molar-refractivity contribution is 0.586. The van der Waals surface area contributed by atoms with E-state index in [2.05, 4.69) is 4.98 Å². The fraction of sp³-hybridized carbons (Fsp3) is 0.154. The number of benzene rings is 1. The smallest absolute Gasteiger partial charge is 0.220 e. The van der Waals surface area contributed by atoms with Crippen molar-refractivity contribution >= 4 is 0 Å². The van der Waals surface area contributed by atoms with E-state index in [0.29, 0.717) is 5.56 Å². The van der Waals surface area contributed by atoms with Gasteiger partial charge in [-0.05, 0) is 31.0 Å². The van der Waals surface area contributed by atoms with Crippen LogP contribution in [0.25, 0.3) is 11.1 Å². The molecule has 1 aromatic heterocycles. The summed E-state index contributed by atoms with van der Waals surface area (Å²) in [5.41, 5.74) is 3.55. The van der Waals surface area contributed by atoms with Crippen LogP contribution in [0, 0.1) is 19.8 Å². The molecule has 0 aliphatic carbocycles. The third kappa shape index (κ3) is 1.89. The standard InChI is InChI=1S/C13H12FN/c1-9-3-5-11(6-4-9)12-10(2)7-8-15-13(12)14/h3-8H,1-2H3. The van der Waals surface area contributed by atoms with Gasteiger partial charge in [0.05, 0.1) is 0 Å². The van der Waals surface area contributed by atoms with Gasteiger partial charge in [-0.25, -0.2) is 4.98 Å². The third-order valence-electron chi connectivity index (χ3n) is 2.45. The van der Waals surface area contributed by atoms with Gasteiger partial charge in [-0.15, -0.1) is 0 Å². The van der Waals surface area contributed by atoms with Gasteiger partial charge in [0.15, 0.2) is 0 Å². The monoisotopic (exact) mass is 201 g/mol. The molecule has 1 heterocycles. The summed E-state index contributed by atoms with van der Waals surface area (Å²) in [5, 5.41) is 0. The number of hydrogen-bond acceptors (Lipinski definition) is 1. The molecule has 0 saturated carbocycles. The maximum Gasteiger partial charge on any atom is 0.220 e. The van der Waals surface area contributed by atoms with Crippen molar-refractivity contribution in [1.29, 1.82) is 0 Å². The topological polar surface area (TPSA) is 12.9 Å². The van der Waals surface area contributed by atoms with Crippen molar-refractivity contribution in [3.8, 4) is 11.1 Å². The zero-order valence-corrected chi connectivity index (χ0v) is 8.79. The van der Waals surface area contributed by atoms with E-state index < -0.39 is 5.95 Å². The van der Waals surface area contributed by atoms with Gasteiger partial charge in [0, 0.05) is 11.8 Å². The van der Waals surface area contributed by atoms with Crippen LogP contribution in [-0.4, -0.2) is 4.98 Å². The molecule has 1 aromatic carbocycles. The molecule has 2 heteroatoms. The van der Waals surface area contributed by atoms with Crippen molar-refractivity contribution in [2.75, 3.05) is 0 Å². The van der Waals surface area contributed by atoms with Gasteiger partial charge in [-0.2, -0.15) is 4.39 Å². The van der Waals surface area contributed by atoms with E-state index in [1.54, 1.807) is 0 Å². The Hall–Kier alpha value is -1.70. The van der Waals surface area contributed by atoms with E-state index in [1.165, 1.54) is 11.8 Å². The average molecular weight is 201 g/mol. The summed E-state index contributed by atoms with van der Waals surface area (Å²) in [5.74, 6) is -0.404. The Kier molecular flexibility index (Phi) is 2.50. The van der Waals surface area contributed by atoms with Gasteiger partial charge in [-0.1, -0.05) is 29.8 Å². The zero-order chi connectivity index (χ0) is 10.8. The highest BCUT2D eigenvalue weighted by atomic mass is 19.1. The van der Waals surface area contributed by atoms with Crippen molar-refractivity contribution in [2.45, 2.75) is 13.8 Å². The largest absolute Gasteiger partial charge is 0.228 e. The molecule has 15 heavy (non-hydrogen) atoms. The number of pyridine rings is 1. The molecular formula is C13H12FN. The van der Waals surface area contributed by atoms with Crippen LogP contribution in [0.5, 0.6) is 0 Å². The van der Waals surface area contributed by atoms with Crippen LogP contribution < -0.4 is 0 Å². The van der Waals surface area contributed by atoms with E-state index in [0.717, 1.165) is 11.1 Å². The number of aromatic nitrogens is 1. The second kappa shape index (κ2) is 3.81. The summed E-state index contributed by atoms with van der Waals surface area (Å²) in [7, 11) is 0. The van der Waals surface area contributed by atoms with E-state index >= 15 is 0 Å². The van der Waals surface area contributed by atoms with Gasteiger partial charge >= 0.3 is 0 Å². The highest BCUT2D eigenvalue weighted by Crippen LogP contribution is 2.25. The molecule has 0 fully saturated rings. The summed E-state index contributed by atoms with van der Waals surface area (Å²) >= 11 is 0. The number of rotatable bonds is 1. The normalized spacial score (nSPS) is 10.3. The zero-order valence-electron chi connectivity index (χ0n) is 8.79. The van der Waals surface area contributed by atoms with E-state index in [1.807, 2.05) is 44.2 Å². The lowest BCUT2D eigenvalue weighted by atomic mass is 10.0. The molecular weight excluding hydrogens is 189 g/mol. The highest BCUT2D eigenvalue weighted by Gasteiger charge is 2.08. The lowest BCUT2D eigenvalue weighted by Gasteiger charge is -2.06. The SMILES string of the molecule is Cc1ccc(-c2c(C)ccnc2F)cc1. The predicted molar refractivity (Wildman–Crippen MR) is 59.1 cm³/mol. The Morgan fingerprint density at radius 3 is 2.27 bits per heavy atom. The number of aryl methyl sites for hydroxylation is 2. The molecule has 0 aliphatic heterocycles. The molecule has 0 atom stereocenters. The van der Waals surface area contributed by atoms with Gasteiger partial charge in [-0.3, -0.25) is 0 Å². The molecule has 0 radical (unpaired) electrons. The molecule has 0 spiro atoms. The molecule has 0 amide bonds. The Balaban J connectivity index is 2.58. The first-order chi connectivity index (χ1) is 7.18. The van der Waals surface area contributed by atoms with E-state index in [9.17, 15) is 4.39 Å². The van der Waals surface area contributed by atoms with Crippen LogP contribution in [-0.2, 0) is 0 Å². The second-order valence-corrected chi connectivity index (χ2v) is 3.66. The molecule has 76 valence electrons. The molecule has 1 nitrogen and oxygen atoms in total. The molecule has 0 unspecified atom stereocenters. The fourth-order valence-electron chi connectivity index (χ4n) is 1.59. The fourth-order valence-corrected chi connectivity index (χ4v) is 1.59. The average Bonchev–Trinajstić information content (AvgIpc) is 2.20. The minimum atomic E-state index is -0.404. The van der Waals surface area contributed by atoms with E-state index in [4.69, 9.17) is 0 Å². The molecule has 2 aromatic rings. The Morgan fingerprint density at radius 2 is 1.67 bits per heavy atom. The minimum absolute atomic E-state index is 0.404. The Morgan fingerprint density at radius 1 is 1.00 bits per heavy atom. The summed E-state index contributed by atoms with van der Waals surface area (Å²) in [6.45, 7) is 3.90. The van der Waals surface area contributed by atoms with Crippen molar-refractivity contribution in [3.63, 3.8) is 0 Å². The van der Waals surface area contributed by atoms with Gasteiger partial charge in [0.2, 0.25) is 5.95 Å². The maximum absolute atomic E-state index is 13.5. The first kappa shape index (κ1) is 9.84.